The number of carbonyl (C=O) groups is 2. The van der Waals surface area contributed by atoms with Crippen molar-refractivity contribution in [3.63, 3.8) is 0 Å². The van der Waals surface area contributed by atoms with Crippen LogP contribution in [0.2, 0.25) is 0 Å². The highest BCUT2D eigenvalue weighted by Crippen LogP contribution is 2.32. The molecule has 0 saturated heterocycles. The molecule has 5 nitrogen and oxygen atoms in total. The van der Waals surface area contributed by atoms with E-state index in [-0.39, 0.29) is 23.4 Å². The van der Waals surface area contributed by atoms with E-state index in [1.54, 1.807) is 12.1 Å². The molecule has 8 heteroatoms. The number of rotatable bonds is 4. The number of carbonyl (C=O) groups excluding carboxylic acids is 2. The molecule has 0 saturated carbocycles. The largest absolute Gasteiger partial charge is 0.461 e. The first-order valence-electron chi connectivity index (χ1n) is 11.4. The van der Waals surface area contributed by atoms with Crippen LogP contribution in [0.25, 0.3) is 11.3 Å². The van der Waals surface area contributed by atoms with Gasteiger partial charge in [-0.1, -0.05) is 26.8 Å². The highest BCUT2D eigenvalue weighted by atomic mass is 19.4. The van der Waals surface area contributed by atoms with Crippen molar-refractivity contribution < 1.29 is 27.2 Å². The molecule has 0 unspecified atom stereocenters. The second kappa shape index (κ2) is 9.24. The number of hydrogen-bond acceptors (Lipinski definition) is 3. The van der Waals surface area contributed by atoms with Crippen LogP contribution in [0.15, 0.2) is 59.0 Å². The summed E-state index contributed by atoms with van der Waals surface area (Å²) in [6.07, 6.45) is -3.62. The number of fused-ring (bicyclic) bond motifs is 1. The molecule has 4 rings (SSSR count). The smallest absolute Gasteiger partial charge is 0.416 e. The lowest BCUT2D eigenvalue weighted by atomic mass is 9.92. The molecule has 0 aliphatic carbocycles. The number of benzene rings is 2. The van der Waals surface area contributed by atoms with E-state index < -0.39 is 17.6 Å². The van der Waals surface area contributed by atoms with E-state index in [1.807, 2.05) is 39.0 Å². The Bertz CT molecular complexity index is 1240. The van der Waals surface area contributed by atoms with Gasteiger partial charge in [-0.05, 0) is 53.9 Å². The van der Waals surface area contributed by atoms with Crippen LogP contribution in [0.4, 0.5) is 18.9 Å². The number of hydrogen-bond donors (Lipinski definition) is 1. The second-order valence-corrected chi connectivity index (χ2v) is 9.98. The first-order chi connectivity index (χ1) is 16.4. The van der Waals surface area contributed by atoms with Crippen molar-refractivity contribution in [1.82, 2.24) is 4.90 Å². The summed E-state index contributed by atoms with van der Waals surface area (Å²) in [5.74, 6) is 0.899. The zero-order valence-corrected chi connectivity index (χ0v) is 19.8. The second-order valence-electron chi connectivity index (χ2n) is 9.98. The number of furan rings is 1. The van der Waals surface area contributed by atoms with Crippen molar-refractivity contribution in [2.45, 2.75) is 46.3 Å². The van der Waals surface area contributed by atoms with Crippen LogP contribution in [0.5, 0.6) is 0 Å². The van der Waals surface area contributed by atoms with Crippen LogP contribution in [-0.4, -0.2) is 23.3 Å². The predicted molar refractivity (Wildman–Crippen MR) is 127 cm³/mol. The summed E-state index contributed by atoms with van der Waals surface area (Å²) in [4.78, 5) is 26.6. The van der Waals surface area contributed by atoms with Gasteiger partial charge in [-0.15, -0.1) is 0 Å². The van der Waals surface area contributed by atoms with Crippen LogP contribution in [0.3, 0.4) is 0 Å². The third-order valence-electron chi connectivity index (χ3n) is 5.73. The maximum atomic E-state index is 13.0. The molecule has 2 heterocycles. The standard InChI is InChI=1S/C27H27F3N2O3/c1-26(2,3)15-24(33)31-21-9-7-17(8-10-21)23-14-19-16-32(12-11-22(19)35-23)25(34)18-5-4-6-20(13-18)27(28,29)30/h4-10,13-14H,11-12,15-16H2,1-3H3,(H,31,33). The normalized spacial score (nSPS) is 13.9. The SMILES string of the molecule is CC(C)(C)CC(=O)Nc1ccc(-c2cc3c(o2)CCN(C(=O)c2cccc(C(F)(F)F)c2)C3)cc1. The average molecular weight is 485 g/mol. The third-order valence-corrected chi connectivity index (χ3v) is 5.73. The minimum atomic E-state index is -4.50. The van der Waals surface area contributed by atoms with Crippen LogP contribution in [-0.2, 0) is 23.9 Å². The monoisotopic (exact) mass is 484 g/mol. The quantitative estimate of drug-likeness (QED) is 0.457. The first-order valence-corrected chi connectivity index (χ1v) is 11.4. The summed E-state index contributed by atoms with van der Waals surface area (Å²) in [6, 6.07) is 13.7. The van der Waals surface area contributed by atoms with Crippen molar-refractivity contribution in [1.29, 1.82) is 0 Å². The van der Waals surface area contributed by atoms with Gasteiger partial charge in [0, 0.05) is 48.3 Å². The Balaban J connectivity index is 1.45. The van der Waals surface area contributed by atoms with Crippen molar-refractivity contribution in [3.8, 4) is 11.3 Å². The van der Waals surface area contributed by atoms with Crippen molar-refractivity contribution in [3.05, 3.63) is 77.0 Å². The van der Waals surface area contributed by atoms with Crippen LogP contribution in [0, 0.1) is 5.41 Å². The van der Waals surface area contributed by atoms with Gasteiger partial charge in [-0.3, -0.25) is 9.59 Å². The molecule has 2 aromatic carbocycles. The van der Waals surface area contributed by atoms with E-state index in [4.69, 9.17) is 4.42 Å². The maximum Gasteiger partial charge on any atom is 0.416 e. The Morgan fingerprint density at radius 3 is 2.40 bits per heavy atom. The van der Waals surface area contributed by atoms with Gasteiger partial charge in [-0.2, -0.15) is 13.2 Å². The molecule has 0 bridgehead atoms. The molecule has 0 radical (unpaired) electrons. The predicted octanol–water partition coefficient (Wildman–Crippen LogP) is 6.54. The van der Waals surface area contributed by atoms with Crippen LogP contribution < -0.4 is 5.32 Å². The lowest BCUT2D eigenvalue weighted by Crippen LogP contribution is -2.35. The first kappa shape index (κ1) is 24.6. The minimum absolute atomic E-state index is 0.0103. The number of halogens is 3. The molecule has 1 aliphatic heterocycles. The summed E-state index contributed by atoms with van der Waals surface area (Å²) < 4.78 is 45.1. The lowest BCUT2D eigenvalue weighted by Gasteiger charge is -2.26. The number of anilines is 1. The lowest BCUT2D eigenvalue weighted by molar-refractivity contribution is -0.137. The molecule has 35 heavy (non-hydrogen) atoms. The van der Waals surface area contributed by atoms with Gasteiger partial charge >= 0.3 is 6.18 Å². The topological polar surface area (TPSA) is 62.6 Å². The fourth-order valence-corrected chi connectivity index (χ4v) is 4.06. The highest BCUT2D eigenvalue weighted by molar-refractivity contribution is 5.94. The van der Waals surface area contributed by atoms with Gasteiger partial charge in [0.15, 0.2) is 0 Å². The van der Waals surface area contributed by atoms with E-state index in [2.05, 4.69) is 5.32 Å². The van der Waals surface area contributed by atoms with Gasteiger partial charge in [0.25, 0.3) is 5.91 Å². The van der Waals surface area contributed by atoms with E-state index in [9.17, 15) is 22.8 Å². The number of nitrogens with one attached hydrogen (secondary N) is 1. The van der Waals surface area contributed by atoms with Crippen molar-refractivity contribution in [2.24, 2.45) is 5.41 Å². The molecule has 0 fully saturated rings. The highest BCUT2D eigenvalue weighted by Gasteiger charge is 2.32. The Morgan fingerprint density at radius 2 is 1.74 bits per heavy atom. The summed E-state index contributed by atoms with van der Waals surface area (Å²) in [5.41, 5.74) is 1.41. The fraction of sp³-hybridized carbons (Fsp3) is 0.333. The minimum Gasteiger partial charge on any atom is -0.461 e. The number of alkyl halides is 3. The summed E-state index contributed by atoms with van der Waals surface area (Å²) in [7, 11) is 0. The van der Waals surface area contributed by atoms with E-state index in [1.165, 1.54) is 17.0 Å². The molecular formula is C27H27F3N2O3. The third kappa shape index (κ3) is 5.93. The molecule has 1 aromatic heterocycles. The van der Waals surface area contributed by atoms with Gasteiger partial charge < -0.3 is 14.6 Å². The maximum absolute atomic E-state index is 13.0. The average Bonchev–Trinajstić information content (AvgIpc) is 3.20. The van der Waals surface area contributed by atoms with Gasteiger partial charge in [0.05, 0.1) is 5.56 Å². The van der Waals surface area contributed by atoms with E-state index >= 15 is 0 Å². The zero-order valence-electron chi connectivity index (χ0n) is 19.8. The number of nitrogens with zero attached hydrogens (tertiary/aromatic N) is 1. The Morgan fingerprint density at radius 1 is 1.03 bits per heavy atom. The Hall–Kier alpha value is -3.55. The van der Waals surface area contributed by atoms with Gasteiger partial charge in [0.1, 0.15) is 11.5 Å². The molecule has 3 aromatic rings. The zero-order chi connectivity index (χ0) is 25.4. The molecular weight excluding hydrogens is 457 g/mol. The van der Waals surface area contributed by atoms with Crippen molar-refractivity contribution >= 4 is 17.5 Å². The molecule has 0 spiro atoms. The number of amides is 2. The fourth-order valence-electron chi connectivity index (χ4n) is 4.06. The Kier molecular flexibility index (Phi) is 6.49. The Labute approximate surface area is 201 Å². The van der Waals surface area contributed by atoms with Gasteiger partial charge in [0.2, 0.25) is 5.91 Å². The van der Waals surface area contributed by atoms with E-state index in [0.717, 1.165) is 29.0 Å². The summed E-state index contributed by atoms with van der Waals surface area (Å²) in [6.45, 7) is 6.62. The van der Waals surface area contributed by atoms with E-state index in [0.29, 0.717) is 30.8 Å². The van der Waals surface area contributed by atoms with Crippen LogP contribution >= 0.6 is 0 Å². The van der Waals surface area contributed by atoms with Gasteiger partial charge in [-0.25, -0.2) is 0 Å². The van der Waals surface area contributed by atoms with Crippen LogP contribution in [0.1, 0.15) is 54.4 Å². The summed E-state index contributed by atoms with van der Waals surface area (Å²) in [5, 5.41) is 2.89. The summed E-state index contributed by atoms with van der Waals surface area (Å²) >= 11 is 0. The molecule has 2 amide bonds. The molecule has 1 aliphatic rings. The molecule has 184 valence electrons. The molecule has 0 atom stereocenters. The molecule has 1 N–H and O–H groups in total. The van der Waals surface area contributed by atoms with Crippen molar-refractivity contribution in [2.75, 3.05) is 11.9 Å².